The summed E-state index contributed by atoms with van der Waals surface area (Å²) in [5, 5.41) is 0. The first-order valence-corrected chi connectivity index (χ1v) is 8.17. The van der Waals surface area contributed by atoms with E-state index >= 15 is 0 Å². The van der Waals surface area contributed by atoms with Crippen LogP contribution in [0.2, 0.25) is 0 Å². The number of nitrogens with two attached hydrogens (primary N) is 2. The lowest BCUT2D eigenvalue weighted by Gasteiger charge is -2.19. The molecule has 4 N–H and O–H groups in total. The molecule has 0 spiro atoms. The standard InChI is InChI=1S/C18H26N2O5/c1-10(2)12-6-5-7-13(11(3)4)17(12)25-16(22)9-24-18(23)14(19)8-15(20)21/h5-7,10-11,14H,8-9,19H2,1-4H3,(H2,20,21)/t14-/m1/s1. The Balaban J connectivity index is 2.80. The Morgan fingerprint density at radius 3 is 2.00 bits per heavy atom. The average Bonchev–Trinajstić information content (AvgIpc) is 2.51. The third-order valence-electron chi connectivity index (χ3n) is 3.59. The number of para-hydroxylation sites is 1. The van der Waals surface area contributed by atoms with E-state index in [1.807, 2.05) is 45.9 Å². The molecule has 1 rings (SSSR count). The van der Waals surface area contributed by atoms with Gasteiger partial charge in [0.25, 0.3) is 0 Å². The van der Waals surface area contributed by atoms with E-state index in [2.05, 4.69) is 0 Å². The molecule has 7 heteroatoms. The molecule has 1 amide bonds. The lowest BCUT2D eigenvalue weighted by molar-refractivity contribution is -0.155. The van der Waals surface area contributed by atoms with E-state index in [-0.39, 0.29) is 18.3 Å². The maximum Gasteiger partial charge on any atom is 0.349 e. The van der Waals surface area contributed by atoms with Gasteiger partial charge in [0.2, 0.25) is 5.91 Å². The molecule has 1 aromatic rings. The topological polar surface area (TPSA) is 122 Å². The average molecular weight is 350 g/mol. The molecular weight excluding hydrogens is 324 g/mol. The molecule has 0 radical (unpaired) electrons. The van der Waals surface area contributed by atoms with Crippen molar-refractivity contribution in [1.29, 1.82) is 0 Å². The molecule has 0 saturated heterocycles. The number of rotatable bonds is 8. The molecule has 25 heavy (non-hydrogen) atoms. The molecule has 0 aromatic heterocycles. The predicted molar refractivity (Wildman–Crippen MR) is 93.0 cm³/mol. The van der Waals surface area contributed by atoms with Crippen molar-refractivity contribution in [2.24, 2.45) is 11.5 Å². The van der Waals surface area contributed by atoms with Crippen LogP contribution in [-0.2, 0) is 19.1 Å². The van der Waals surface area contributed by atoms with Crippen molar-refractivity contribution in [2.45, 2.75) is 52.0 Å². The number of amides is 1. The summed E-state index contributed by atoms with van der Waals surface area (Å²) in [6, 6.07) is 4.52. The molecule has 138 valence electrons. The molecular formula is C18H26N2O5. The second kappa shape index (κ2) is 9.17. The summed E-state index contributed by atoms with van der Waals surface area (Å²) < 4.78 is 10.3. The van der Waals surface area contributed by atoms with E-state index in [1.54, 1.807) is 0 Å². The van der Waals surface area contributed by atoms with E-state index in [4.69, 9.17) is 20.9 Å². The van der Waals surface area contributed by atoms with Gasteiger partial charge in [-0.05, 0) is 23.0 Å². The van der Waals surface area contributed by atoms with Gasteiger partial charge in [-0.3, -0.25) is 9.59 Å². The van der Waals surface area contributed by atoms with Crippen LogP contribution in [0.15, 0.2) is 18.2 Å². The van der Waals surface area contributed by atoms with Crippen LogP contribution in [0.4, 0.5) is 0 Å². The lowest BCUT2D eigenvalue weighted by Crippen LogP contribution is -2.37. The van der Waals surface area contributed by atoms with Crippen molar-refractivity contribution in [3.63, 3.8) is 0 Å². The van der Waals surface area contributed by atoms with Crippen molar-refractivity contribution < 1.29 is 23.9 Å². The molecule has 0 fully saturated rings. The highest BCUT2D eigenvalue weighted by Crippen LogP contribution is 2.34. The van der Waals surface area contributed by atoms with E-state index in [0.717, 1.165) is 11.1 Å². The largest absolute Gasteiger partial charge is 0.452 e. The number of ether oxygens (including phenoxy) is 2. The van der Waals surface area contributed by atoms with Crippen LogP contribution in [0, 0.1) is 0 Å². The second-order valence-electron chi connectivity index (χ2n) is 6.43. The van der Waals surface area contributed by atoms with Crippen molar-refractivity contribution in [3.05, 3.63) is 29.3 Å². The molecule has 0 saturated carbocycles. The Morgan fingerprint density at radius 2 is 1.56 bits per heavy atom. The zero-order chi connectivity index (χ0) is 19.1. The fourth-order valence-electron chi connectivity index (χ4n) is 2.28. The maximum absolute atomic E-state index is 12.1. The predicted octanol–water partition coefficient (Wildman–Crippen LogP) is 1.58. The first-order chi connectivity index (χ1) is 11.6. The van der Waals surface area contributed by atoms with Gasteiger partial charge < -0.3 is 20.9 Å². The molecule has 7 nitrogen and oxygen atoms in total. The van der Waals surface area contributed by atoms with E-state index in [1.165, 1.54) is 0 Å². The van der Waals surface area contributed by atoms with Gasteiger partial charge in [-0.15, -0.1) is 0 Å². The van der Waals surface area contributed by atoms with Crippen molar-refractivity contribution in [3.8, 4) is 5.75 Å². The second-order valence-corrected chi connectivity index (χ2v) is 6.43. The fourth-order valence-corrected chi connectivity index (χ4v) is 2.28. The Labute approximate surface area is 147 Å². The zero-order valence-corrected chi connectivity index (χ0v) is 15.1. The zero-order valence-electron chi connectivity index (χ0n) is 15.1. The molecule has 0 aliphatic heterocycles. The summed E-state index contributed by atoms with van der Waals surface area (Å²) in [4.78, 5) is 34.4. The fraction of sp³-hybridized carbons (Fsp3) is 0.500. The van der Waals surface area contributed by atoms with Crippen LogP contribution in [0.1, 0.15) is 57.1 Å². The smallest absolute Gasteiger partial charge is 0.349 e. The van der Waals surface area contributed by atoms with Gasteiger partial charge in [-0.2, -0.15) is 0 Å². The SMILES string of the molecule is CC(C)c1cccc(C(C)C)c1OC(=O)COC(=O)[C@H](N)CC(N)=O. The quantitative estimate of drug-likeness (QED) is 0.542. The van der Waals surface area contributed by atoms with Crippen LogP contribution in [-0.4, -0.2) is 30.5 Å². The minimum atomic E-state index is -1.19. The number of hydrogen-bond donors (Lipinski definition) is 2. The van der Waals surface area contributed by atoms with Gasteiger partial charge in [0, 0.05) is 0 Å². The third-order valence-corrected chi connectivity index (χ3v) is 3.59. The molecule has 0 unspecified atom stereocenters. The summed E-state index contributed by atoms with van der Waals surface area (Å²) in [6.07, 6.45) is -0.346. The van der Waals surface area contributed by atoms with Crippen LogP contribution in [0.25, 0.3) is 0 Å². The number of carbonyl (C=O) groups excluding carboxylic acids is 3. The number of primary amides is 1. The Kier molecular flexibility index (Phi) is 7.57. The highest BCUT2D eigenvalue weighted by Gasteiger charge is 2.21. The van der Waals surface area contributed by atoms with Crippen LogP contribution >= 0.6 is 0 Å². The van der Waals surface area contributed by atoms with Gasteiger partial charge >= 0.3 is 11.9 Å². The Morgan fingerprint density at radius 1 is 1.04 bits per heavy atom. The van der Waals surface area contributed by atoms with Crippen LogP contribution < -0.4 is 16.2 Å². The Bertz CT molecular complexity index is 614. The summed E-state index contributed by atoms with van der Waals surface area (Å²) in [5.74, 6) is -1.50. The number of esters is 2. The summed E-state index contributed by atoms with van der Waals surface area (Å²) in [6.45, 7) is 7.41. The minimum Gasteiger partial charge on any atom is -0.452 e. The van der Waals surface area contributed by atoms with Crippen molar-refractivity contribution in [2.75, 3.05) is 6.61 Å². The van der Waals surface area contributed by atoms with Crippen LogP contribution in [0.3, 0.4) is 0 Å². The summed E-state index contributed by atoms with van der Waals surface area (Å²) in [7, 11) is 0. The third kappa shape index (κ3) is 6.19. The molecule has 0 aliphatic rings. The summed E-state index contributed by atoms with van der Waals surface area (Å²) in [5.41, 5.74) is 12.2. The molecule has 0 bridgehead atoms. The van der Waals surface area contributed by atoms with Crippen LogP contribution in [0.5, 0.6) is 5.75 Å². The van der Waals surface area contributed by atoms with Gasteiger partial charge in [-0.1, -0.05) is 45.9 Å². The van der Waals surface area contributed by atoms with E-state index in [0.29, 0.717) is 5.75 Å². The summed E-state index contributed by atoms with van der Waals surface area (Å²) >= 11 is 0. The van der Waals surface area contributed by atoms with Gasteiger partial charge in [-0.25, -0.2) is 4.79 Å². The normalized spacial score (nSPS) is 12.1. The monoisotopic (exact) mass is 350 g/mol. The molecule has 0 heterocycles. The Hall–Kier alpha value is -2.41. The molecule has 1 atom stereocenters. The maximum atomic E-state index is 12.1. The number of hydrogen-bond acceptors (Lipinski definition) is 6. The van der Waals surface area contributed by atoms with Crippen molar-refractivity contribution >= 4 is 17.8 Å². The number of benzene rings is 1. The first-order valence-electron chi connectivity index (χ1n) is 8.17. The minimum absolute atomic E-state index is 0.160. The highest BCUT2D eigenvalue weighted by atomic mass is 16.6. The van der Waals surface area contributed by atoms with E-state index < -0.39 is 30.5 Å². The van der Waals surface area contributed by atoms with Gasteiger partial charge in [0.15, 0.2) is 6.61 Å². The van der Waals surface area contributed by atoms with Crippen molar-refractivity contribution in [1.82, 2.24) is 0 Å². The molecule has 1 aromatic carbocycles. The van der Waals surface area contributed by atoms with Gasteiger partial charge in [0.1, 0.15) is 11.8 Å². The molecule has 0 aliphatic carbocycles. The highest BCUT2D eigenvalue weighted by molar-refractivity contribution is 5.85. The number of carbonyl (C=O) groups is 3. The lowest BCUT2D eigenvalue weighted by atomic mass is 9.94. The van der Waals surface area contributed by atoms with Gasteiger partial charge in [0.05, 0.1) is 6.42 Å². The first kappa shape index (κ1) is 20.6. The van der Waals surface area contributed by atoms with E-state index in [9.17, 15) is 14.4 Å².